The second-order valence-electron chi connectivity index (χ2n) is 13.9. The van der Waals surface area contributed by atoms with Crippen LogP contribution in [0.2, 0.25) is 0 Å². The van der Waals surface area contributed by atoms with Crippen molar-refractivity contribution < 1.29 is 52.6 Å². The molecule has 0 aromatic rings. The summed E-state index contributed by atoms with van der Waals surface area (Å²) in [7, 11) is -4.76. The number of phosphoric ester groups is 1. The van der Waals surface area contributed by atoms with E-state index < -0.39 is 57.7 Å². The van der Waals surface area contributed by atoms with E-state index in [4.69, 9.17) is 24.8 Å². The molecule has 0 aromatic heterocycles. The van der Waals surface area contributed by atoms with Crippen LogP contribution in [0.5, 0.6) is 0 Å². The van der Waals surface area contributed by atoms with Gasteiger partial charge in [-0.25, -0.2) is 4.57 Å². The van der Waals surface area contributed by atoms with Gasteiger partial charge in [-0.05, 0) is 96.3 Å². The number of carbonyl (C=O) groups is 3. The summed E-state index contributed by atoms with van der Waals surface area (Å²) in [5.41, 5.74) is 5.32. The third-order valence-corrected chi connectivity index (χ3v) is 9.42. The summed E-state index contributed by atoms with van der Waals surface area (Å²) in [6.45, 7) is 2.35. The number of aliphatic carboxylic acids is 1. The largest absolute Gasteiger partial charge is 0.480 e. The Morgan fingerprint density at radius 1 is 0.593 bits per heavy atom. The summed E-state index contributed by atoms with van der Waals surface area (Å²) in [5, 5.41) is 18.4. The van der Waals surface area contributed by atoms with E-state index in [1.54, 1.807) is 0 Å². The van der Waals surface area contributed by atoms with Crippen LogP contribution in [-0.2, 0) is 37.5 Å². The number of rotatable bonds is 38. The molecule has 0 amide bonds. The molecule has 0 aliphatic rings. The molecule has 59 heavy (non-hydrogen) atoms. The Labute approximate surface area is 354 Å². The van der Waals surface area contributed by atoms with Crippen LogP contribution in [0.3, 0.4) is 0 Å². The van der Waals surface area contributed by atoms with Crippen molar-refractivity contribution in [1.29, 1.82) is 0 Å². The van der Waals surface area contributed by atoms with Gasteiger partial charge in [0.15, 0.2) is 6.10 Å². The quantitative estimate of drug-likeness (QED) is 0.0199. The second kappa shape index (κ2) is 39.8. The van der Waals surface area contributed by atoms with E-state index in [9.17, 15) is 28.9 Å². The van der Waals surface area contributed by atoms with Gasteiger partial charge in [0.2, 0.25) is 0 Å². The van der Waals surface area contributed by atoms with Gasteiger partial charge in [0, 0.05) is 12.8 Å². The van der Waals surface area contributed by atoms with Crippen LogP contribution in [0.4, 0.5) is 0 Å². The Morgan fingerprint density at radius 2 is 1.02 bits per heavy atom. The molecule has 0 bridgehead atoms. The van der Waals surface area contributed by atoms with Crippen LogP contribution in [0.1, 0.15) is 136 Å². The molecule has 1 unspecified atom stereocenters. The number of aliphatic hydroxyl groups is 1. The predicted octanol–water partition coefficient (Wildman–Crippen LogP) is 10.2. The van der Waals surface area contributed by atoms with Gasteiger partial charge in [-0.1, -0.05) is 124 Å². The Hall–Kier alpha value is -3.64. The Bertz CT molecular complexity index is 1380. The first-order valence-corrected chi connectivity index (χ1v) is 22.8. The summed E-state index contributed by atoms with van der Waals surface area (Å²) >= 11 is 0. The van der Waals surface area contributed by atoms with E-state index >= 15 is 0 Å². The minimum Gasteiger partial charge on any atom is -0.480 e. The van der Waals surface area contributed by atoms with Gasteiger partial charge in [-0.3, -0.25) is 23.4 Å². The van der Waals surface area contributed by atoms with E-state index in [0.29, 0.717) is 25.7 Å². The number of nitrogens with two attached hydrogens (primary N) is 1. The molecule has 0 saturated heterocycles. The number of allylic oxidation sites excluding steroid dienone is 16. The summed E-state index contributed by atoms with van der Waals surface area (Å²) in [6.07, 6.45) is 47.2. The topological polar surface area (TPSA) is 192 Å². The van der Waals surface area contributed by atoms with Crippen molar-refractivity contribution in [2.75, 3.05) is 19.8 Å². The van der Waals surface area contributed by atoms with E-state index in [-0.39, 0.29) is 18.9 Å². The first kappa shape index (κ1) is 55.4. The molecule has 0 aliphatic carbocycles. The number of phosphoric acid groups is 1. The van der Waals surface area contributed by atoms with Crippen molar-refractivity contribution in [1.82, 2.24) is 0 Å². The van der Waals surface area contributed by atoms with E-state index in [1.165, 1.54) is 19.3 Å². The van der Waals surface area contributed by atoms with E-state index in [0.717, 1.165) is 64.2 Å². The van der Waals surface area contributed by atoms with Gasteiger partial charge in [0.25, 0.3) is 0 Å². The zero-order chi connectivity index (χ0) is 43.7. The average Bonchev–Trinajstić information content (AvgIpc) is 3.21. The van der Waals surface area contributed by atoms with Crippen molar-refractivity contribution >= 4 is 25.7 Å². The molecule has 0 aromatic carbocycles. The lowest BCUT2D eigenvalue weighted by Gasteiger charge is -2.20. The number of unbranched alkanes of at least 4 members (excludes halogenated alkanes) is 5. The molecule has 334 valence electrons. The number of carbonyl (C=O) groups excluding carboxylic acids is 2. The maximum absolute atomic E-state index is 12.6. The lowest BCUT2D eigenvalue weighted by Crippen LogP contribution is -2.34. The van der Waals surface area contributed by atoms with Crippen molar-refractivity contribution in [2.45, 2.75) is 154 Å². The Morgan fingerprint density at radius 3 is 1.47 bits per heavy atom. The normalized spacial score (nSPS) is 15.2. The van der Waals surface area contributed by atoms with Crippen LogP contribution in [0.25, 0.3) is 0 Å². The number of hydrogen-bond acceptors (Lipinski definition) is 10. The minimum absolute atomic E-state index is 0.0544. The number of esters is 2. The van der Waals surface area contributed by atoms with Crippen LogP contribution in [-0.4, -0.2) is 71.1 Å². The second-order valence-corrected chi connectivity index (χ2v) is 15.4. The number of hydrogen-bond donors (Lipinski definition) is 4. The highest BCUT2D eigenvalue weighted by Crippen LogP contribution is 2.43. The lowest BCUT2D eigenvalue weighted by molar-refractivity contribution is -0.161. The van der Waals surface area contributed by atoms with Crippen molar-refractivity contribution in [3.05, 3.63) is 97.2 Å². The molecule has 0 saturated carbocycles. The van der Waals surface area contributed by atoms with Gasteiger partial charge in [-0.2, -0.15) is 0 Å². The zero-order valence-electron chi connectivity index (χ0n) is 35.7. The SMILES string of the molecule is CCCCC/C=C\C/C=C\C/C=C\C/C=C\CCCC(=O)OC[C@H](COP(=O)(O)OC[C@H](N)C(=O)O)OC(=O)CCC/C=C\C/C=C\C/C=C\C/C=C\CC[C@H](O)CC. The molecule has 0 spiro atoms. The smallest absolute Gasteiger partial charge is 0.472 e. The minimum atomic E-state index is -4.76. The van der Waals surface area contributed by atoms with E-state index in [2.05, 4.69) is 84.4 Å². The first-order valence-electron chi connectivity index (χ1n) is 21.3. The molecule has 0 heterocycles. The highest BCUT2D eigenvalue weighted by Gasteiger charge is 2.28. The van der Waals surface area contributed by atoms with Crippen molar-refractivity contribution in [3.8, 4) is 0 Å². The van der Waals surface area contributed by atoms with Crippen LogP contribution in [0, 0.1) is 0 Å². The zero-order valence-corrected chi connectivity index (χ0v) is 36.6. The summed E-state index contributed by atoms with van der Waals surface area (Å²) in [5.74, 6) is -2.56. The van der Waals surface area contributed by atoms with Gasteiger partial charge >= 0.3 is 25.7 Å². The summed E-state index contributed by atoms with van der Waals surface area (Å²) < 4.78 is 32.5. The molecule has 0 aliphatic heterocycles. The number of ether oxygens (including phenoxy) is 2. The fourth-order valence-corrected chi connectivity index (χ4v) is 5.69. The number of carboxylic acid groups (broad SMARTS) is 1. The highest BCUT2D eigenvalue weighted by atomic mass is 31.2. The summed E-state index contributed by atoms with van der Waals surface area (Å²) in [6, 6.07) is -1.55. The highest BCUT2D eigenvalue weighted by molar-refractivity contribution is 7.47. The molecular formula is C46H74NO11P. The third-order valence-electron chi connectivity index (χ3n) is 8.47. The Kier molecular flexibility index (Phi) is 37.3. The van der Waals surface area contributed by atoms with Crippen LogP contribution in [0.15, 0.2) is 97.2 Å². The number of aliphatic hydroxyl groups excluding tert-OH is 1. The average molecular weight is 848 g/mol. The maximum Gasteiger partial charge on any atom is 0.472 e. The first-order chi connectivity index (χ1) is 28.5. The summed E-state index contributed by atoms with van der Waals surface area (Å²) in [4.78, 5) is 45.9. The van der Waals surface area contributed by atoms with Crippen molar-refractivity contribution in [3.63, 3.8) is 0 Å². The third kappa shape index (κ3) is 39.6. The van der Waals surface area contributed by atoms with Gasteiger partial charge in [-0.15, -0.1) is 0 Å². The van der Waals surface area contributed by atoms with Crippen LogP contribution >= 0.6 is 7.82 Å². The van der Waals surface area contributed by atoms with Crippen molar-refractivity contribution in [2.24, 2.45) is 5.73 Å². The molecule has 12 nitrogen and oxygen atoms in total. The standard InChI is InChI=1S/C46H74NO11P/c1-3-5-6-7-8-9-10-11-12-13-14-18-21-24-27-30-33-36-44(49)55-38-42(39-56-59(53,54)57-40-43(47)46(51)52)58-45(50)37-34-31-28-25-22-19-16-15-17-20-23-26-29-32-35-41(48)4-2/h8-9,11-12,14,16-20,24-29,41-43,48H,3-7,10,13,15,21-23,30-40,47H2,1-2H3,(H,51,52)(H,53,54)/b9-8-,12-11-,18-14-,19-16-,20-17-,27-24-,28-25-,29-26-/t41-,42-,43+/m1/s1. The monoisotopic (exact) mass is 847 g/mol. The predicted molar refractivity (Wildman–Crippen MR) is 236 cm³/mol. The Balaban J connectivity index is 4.60. The van der Waals surface area contributed by atoms with Gasteiger partial charge < -0.3 is 30.3 Å². The number of carboxylic acids is 1. The fourth-order valence-electron chi connectivity index (χ4n) is 4.91. The molecule has 0 radical (unpaired) electrons. The van der Waals surface area contributed by atoms with Crippen LogP contribution < -0.4 is 5.73 Å². The molecule has 4 atom stereocenters. The molecule has 0 rings (SSSR count). The van der Waals surface area contributed by atoms with E-state index in [1.807, 2.05) is 31.2 Å². The fraction of sp³-hybridized carbons (Fsp3) is 0.587. The molecule has 13 heteroatoms. The lowest BCUT2D eigenvalue weighted by atomic mass is 10.1. The van der Waals surface area contributed by atoms with Gasteiger partial charge in [0.1, 0.15) is 12.6 Å². The molecule has 0 fully saturated rings. The molecule has 5 N–H and O–H groups in total. The van der Waals surface area contributed by atoms with Gasteiger partial charge in [0.05, 0.1) is 19.3 Å². The maximum atomic E-state index is 12.6. The molecular weight excluding hydrogens is 773 g/mol.